The van der Waals surface area contributed by atoms with Crippen molar-refractivity contribution in [2.24, 2.45) is 56.7 Å². The number of aliphatic hydroxyl groups excluding tert-OH is 1. The standard InChI is InChI=1S/C43H51NO4S/c1-38-10-7-30(45)22-41(38)13-14-43(31(23-41)36(46)33-18-29-5-3-4-6-32(29)49-33)34(38)8-11-39(2)35(43)9-12-42(39)25-44(37(47)48-42)24-40-19-26-15-27(20-40)17-28(16-26)21-40/h3-6,13-14,18,23,26-28,30,34-35,45H,7-12,15-17,19-22,24-25H2,1-2H3/t26?,27?,28?,30-,34+,35+,38+,39-,40?,41-,42+,43+/m0/s1. The molecule has 13 rings (SSSR count). The molecular weight excluding hydrogens is 627 g/mol. The predicted octanol–water partition coefficient (Wildman–Crippen LogP) is 9.35. The van der Waals surface area contributed by atoms with Gasteiger partial charge in [-0.25, -0.2) is 4.79 Å². The van der Waals surface area contributed by atoms with Crippen molar-refractivity contribution in [2.45, 2.75) is 109 Å². The lowest BCUT2D eigenvalue weighted by molar-refractivity contribution is -0.164. The Morgan fingerprint density at radius 2 is 1.61 bits per heavy atom. The zero-order valence-corrected chi connectivity index (χ0v) is 30.0. The summed E-state index contributed by atoms with van der Waals surface area (Å²) >= 11 is 1.62. The highest BCUT2D eigenvalue weighted by atomic mass is 32.1. The van der Waals surface area contributed by atoms with Gasteiger partial charge in [0.1, 0.15) is 5.60 Å². The molecule has 258 valence electrons. The van der Waals surface area contributed by atoms with Crippen LogP contribution in [0.5, 0.6) is 0 Å². The van der Waals surface area contributed by atoms with Crippen molar-refractivity contribution in [2.75, 3.05) is 13.1 Å². The van der Waals surface area contributed by atoms with Gasteiger partial charge in [-0.1, -0.05) is 50.3 Å². The molecule has 1 aromatic heterocycles. The Bertz CT molecular complexity index is 1810. The molecule has 0 unspecified atom stereocenters. The van der Waals surface area contributed by atoms with Gasteiger partial charge in [-0.3, -0.25) is 4.79 Å². The predicted molar refractivity (Wildman–Crippen MR) is 191 cm³/mol. The van der Waals surface area contributed by atoms with Gasteiger partial charge in [0, 0.05) is 33.1 Å². The van der Waals surface area contributed by atoms with Crippen molar-refractivity contribution in [1.29, 1.82) is 0 Å². The van der Waals surface area contributed by atoms with Crippen molar-refractivity contribution in [3.63, 3.8) is 0 Å². The summed E-state index contributed by atoms with van der Waals surface area (Å²) in [6, 6.07) is 10.4. The lowest BCUT2D eigenvalue weighted by Gasteiger charge is -2.71. The van der Waals surface area contributed by atoms with Crippen molar-refractivity contribution in [3.8, 4) is 0 Å². The van der Waals surface area contributed by atoms with Crippen LogP contribution in [0.15, 0.2) is 54.1 Å². The second kappa shape index (κ2) is 9.50. The molecule has 7 saturated carbocycles. The van der Waals surface area contributed by atoms with E-state index >= 15 is 4.79 Å². The number of nitrogens with zero attached hydrogens (tertiary/aromatic N) is 1. The Balaban J connectivity index is 0.987. The molecule has 5 nitrogen and oxygen atoms in total. The van der Waals surface area contributed by atoms with E-state index in [9.17, 15) is 9.90 Å². The summed E-state index contributed by atoms with van der Waals surface area (Å²) in [7, 11) is 0. The third-order valence-electron chi connectivity index (χ3n) is 17.3. The molecule has 1 N–H and O–H groups in total. The number of hydrogen-bond donors (Lipinski definition) is 1. The van der Waals surface area contributed by atoms with Gasteiger partial charge in [0.05, 0.1) is 17.5 Å². The van der Waals surface area contributed by atoms with Gasteiger partial charge >= 0.3 is 6.09 Å². The fraction of sp³-hybridized carbons (Fsp3) is 0.674. The number of allylic oxidation sites excluding steroid dienone is 4. The van der Waals surface area contributed by atoms with Gasteiger partial charge < -0.3 is 14.7 Å². The summed E-state index contributed by atoms with van der Waals surface area (Å²) in [5.74, 6) is 3.31. The van der Waals surface area contributed by atoms with Crippen LogP contribution in [-0.2, 0) is 4.74 Å². The highest BCUT2D eigenvalue weighted by Crippen LogP contribution is 2.79. The van der Waals surface area contributed by atoms with Gasteiger partial charge in [-0.2, -0.15) is 0 Å². The summed E-state index contributed by atoms with van der Waals surface area (Å²) in [5, 5.41) is 12.2. The van der Waals surface area contributed by atoms with Gasteiger partial charge in [-0.15, -0.1) is 11.3 Å². The fourth-order valence-corrected chi connectivity index (χ4v) is 16.6. The number of rotatable bonds is 4. The Kier molecular flexibility index (Phi) is 5.86. The third-order valence-corrected chi connectivity index (χ3v) is 18.4. The van der Waals surface area contributed by atoms with Gasteiger partial charge in [0.15, 0.2) is 5.78 Å². The maximum atomic E-state index is 15.1. The van der Waals surface area contributed by atoms with E-state index in [2.05, 4.69) is 67.3 Å². The molecule has 1 aromatic carbocycles. The van der Waals surface area contributed by atoms with E-state index in [0.717, 1.165) is 83.4 Å². The number of Topliss-reactive ketones (excluding diaryl/α,β-unsaturated/α-hetero) is 1. The van der Waals surface area contributed by atoms with Crippen LogP contribution in [0.3, 0.4) is 0 Å². The first-order valence-corrected chi connectivity index (χ1v) is 20.4. The Morgan fingerprint density at radius 3 is 2.37 bits per heavy atom. The van der Waals surface area contributed by atoms with E-state index in [1.165, 1.54) is 38.5 Å². The number of aliphatic hydroxyl groups is 1. The van der Waals surface area contributed by atoms with Crippen LogP contribution in [0.25, 0.3) is 10.1 Å². The van der Waals surface area contributed by atoms with Crippen LogP contribution in [0.1, 0.15) is 107 Å². The smallest absolute Gasteiger partial charge is 0.410 e. The minimum absolute atomic E-state index is 0.0150. The van der Waals surface area contributed by atoms with E-state index in [1.807, 2.05) is 0 Å². The monoisotopic (exact) mass is 677 g/mol. The number of fused-ring (bicyclic) bond motifs is 3. The Hall–Kier alpha value is -2.44. The van der Waals surface area contributed by atoms with Gasteiger partial charge in [0.2, 0.25) is 0 Å². The number of ketones is 1. The van der Waals surface area contributed by atoms with E-state index in [4.69, 9.17) is 4.74 Å². The lowest BCUT2D eigenvalue weighted by atomic mass is 9.32. The first-order valence-electron chi connectivity index (χ1n) is 19.6. The van der Waals surface area contributed by atoms with Crippen molar-refractivity contribution in [1.82, 2.24) is 4.90 Å². The highest BCUT2D eigenvalue weighted by molar-refractivity contribution is 7.21. The van der Waals surface area contributed by atoms with Crippen LogP contribution in [0, 0.1) is 56.7 Å². The molecule has 1 aliphatic heterocycles. The highest BCUT2D eigenvalue weighted by Gasteiger charge is 2.76. The molecular formula is C43H51NO4S. The number of benzene rings is 1. The van der Waals surface area contributed by atoms with Crippen LogP contribution >= 0.6 is 11.3 Å². The first-order chi connectivity index (χ1) is 23.5. The number of amides is 1. The summed E-state index contributed by atoms with van der Waals surface area (Å²) in [5.41, 5.74) is -0.188. The summed E-state index contributed by atoms with van der Waals surface area (Å²) in [6.45, 7) is 6.51. The Morgan fingerprint density at radius 1 is 0.918 bits per heavy atom. The quantitative estimate of drug-likeness (QED) is 0.259. The molecule has 8 atom stereocenters. The Labute approximate surface area is 294 Å². The summed E-state index contributed by atoms with van der Waals surface area (Å²) in [4.78, 5) is 32.1. The topological polar surface area (TPSA) is 66.8 Å². The minimum Gasteiger partial charge on any atom is -0.440 e. The normalized spacial score (nSPS) is 50.1. The number of hydrogen-bond acceptors (Lipinski definition) is 5. The molecule has 6 heteroatoms. The first kappa shape index (κ1) is 30.2. The second-order valence-corrected chi connectivity index (χ2v) is 20.5. The molecule has 11 aliphatic rings. The third kappa shape index (κ3) is 3.67. The fourth-order valence-electron chi connectivity index (χ4n) is 15.6. The molecule has 2 heterocycles. The zero-order valence-electron chi connectivity index (χ0n) is 29.2. The van der Waals surface area contributed by atoms with Crippen LogP contribution in [0.4, 0.5) is 4.79 Å². The largest absolute Gasteiger partial charge is 0.440 e. The molecule has 10 aliphatic carbocycles. The van der Waals surface area contributed by atoms with Gasteiger partial charge in [0.25, 0.3) is 0 Å². The molecule has 2 aromatic rings. The average molecular weight is 678 g/mol. The van der Waals surface area contributed by atoms with Crippen LogP contribution in [0.2, 0.25) is 0 Å². The molecule has 6 bridgehead atoms. The molecule has 8 fully saturated rings. The van der Waals surface area contributed by atoms with Gasteiger partial charge in [-0.05, 0) is 141 Å². The van der Waals surface area contributed by atoms with E-state index in [1.54, 1.807) is 11.3 Å². The van der Waals surface area contributed by atoms with E-state index < -0.39 is 11.0 Å². The lowest BCUT2D eigenvalue weighted by Crippen LogP contribution is -2.67. The number of thiophene rings is 1. The van der Waals surface area contributed by atoms with Crippen LogP contribution < -0.4 is 0 Å². The van der Waals surface area contributed by atoms with Crippen molar-refractivity contribution >= 4 is 33.3 Å². The molecule has 1 amide bonds. The van der Waals surface area contributed by atoms with E-state index in [-0.39, 0.29) is 40.1 Å². The number of carbonyl (C=O) groups excluding carboxylic acids is 2. The van der Waals surface area contributed by atoms with Crippen molar-refractivity contribution < 1.29 is 19.4 Å². The van der Waals surface area contributed by atoms with Crippen LogP contribution in [-0.4, -0.2) is 46.7 Å². The summed E-state index contributed by atoms with van der Waals surface area (Å²) in [6.07, 6.45) is 21.4. The SMILES string of the molecule is C[C@]12CC[C@H]3[C@]4(C=C[C@@]5(C=C4C(=O)c4cc6ccccc6s4)C[C@@H](O)CC[C@]35C)[C@@H]1CC[C@@]21CN(CC23CC4CC(CC(C4)C2)C3)C(=O)O1. The number of carbonyl (C=O) groups is 2. The summed E-state index contributed by atoms with van der Waals surface area (Å²) < 4.78 is 7.93. The van der Waals surface area contributed by atoms with E-state index in [0.29, 0.717) is 24.3 Å². The molecule has 1 saturated heterocycles. The second-order valence-electron chi connectivity index (χ2n) is 19.4. The molecule has 49 heavy (non-hydrogen) atoms. The molecule has 0 radical (unpaired) electrons. The average Bonchev–Trinajstić information content (AvgIpc) is 3.72. The maximum Gasteiger partial charge on any atom is 0.410 e. The molecule has 3 spiro atoms. The maximum absolute atomic E-state index is 15.1. The number of ether oxygens (including phenoxy) is 1. The van der Waals surface area contributed by atoms with Crippen molar-refractivity contribution in [3.05, 3.63) is 59.0 Å². The zero-order chi connectivity index (χ0) is 33.2. The minimum atomic E-state index is -0.508.